The van der Waals surface area contributed by atoms with Crippen molar-refractivity contribution < 1.29 is 13.9 Å². The summed E-state index contributed by atoms with van der Waals surface area (Å²) in [6, 6.07) is 29.2. The molecule has 0 aliphatic rings. The van der Waals surface area contributed by atoms with Crippen molar-refractivity contribution in [1.82, 2.24) is 14.5 Å². The van der Waals surface area contributed by atoms with Gasteiger partial charge in [0.2, 0.25) is 0 Å². The molecule has 0 bridgehead atoms. The Balaban J connectivity index is 1.72. The number of carbonyl (C=O) groups excluding carboxylic acids is 1. The molecule has 202 valence electrons. The van der Waals surface area contributed by atoms with Crippen LogP contribution in [0.1, 0.15) is 48.1 Å². The van der Waals surface area contributed by atoms with E-state index in [1.54, 1.807) is 64.1 Å². The van der Waals surface area contributed by atoms with Crippen LogP contribution in [0, 0.1) is 5.82 Å². The van der Waals surface area contributed by atoms with E-state index in [0.717, 1.165) is 5.56 Å². The minimum absolute atomic E-state index is 0.0346. The van der Waals surface area contributed by atoms with Gasteiger partial charge in [-0.3, -0.25) is 14.2 Å². The minimum atomic E-state index is -0.642. The van der Waals surface area contributed by atoms with Gasteiger partial charge in [0, 0.05) is 6.54 Å². The first kappa shape index (κ1) is 26.8. The molecule has 0 N–H and O–H groups in total. The van der Waals surface area contributed by atoms with Crippen LogP contribution in [-0.4, -0.2) is 27.0 Å². The molecule has 40 heavy (non-hydrogen) atoms. The predicted octanol–water partition coefficient (Wildman–Crippen LogP) is 6.72. The number of nitrogens with zero attached hydrogens (tertiary/aromatic N) is 3. The van der Waals surface area contributed by atoms with E-state index in [1.807, 2.05) is 50.2 Å². The van der Waals surface area contributed by atoms with Gasteiger partial charge in [0.15, 0.2) is 0 Å². The molecule has 1 unspecified atom stereocenters. The maximum Gasteiger partial charge on any atom is 0.266 e. The first-order valence-corrected chi connectivity index (χ1v) is 13.4. The summed E-state index contributed by atoms with van der Waals surface area (Å²) < 4.78 is 22.1. The summed E-state index contributed by atoms with van der Waals surface area (Å²) in [7, 11) is 0. The third kappa shape index (κ3) is 5.36. The highest BCUT2D eigenvalue weighted by Crippen LogP contribution is 2.30. The highest BCUT2D eigenvalue weighted by molar-refractivity contribution is 5.94. The zero-order chi connectivity index (χ0) is 28.1. The smallest absolute Gasteiger partial charge is 0.266 e. The number of para-hydroxylation sites is 1. The SMILES string of the molecule is CCOc1ccc(-n2c(C(CC)N(Cc3ccccc3)C(=O)c3ccccc3F)nc3ccccc3c2=O)cc1. The highest BCUT2D eigenvalue weighted by Gasteiger charge is 2.31. The molecule has 7 heteroatoms. The largest absolute Gasteiger partial charge is 0.494 e. The van der Waals surface area contributed by atoms with Crippen LogP contribution in [0.2, 0.25) is 0 Å². The monoisotopic (exact) mass is 535 g/mol. The fraction of sp³-hybridized carbons (Fsp3) is 0.182. The van der Waals surface area contributed by atoms with Crippen molar-refractivity contribution in [2.45, 2.75) is 32.9 Å². The van der Waals surface area contributed by atoms with Crippen LogP contribution in [0.15, 0.2) is 108 Å². The van der Waals surface area contributed by atoms with Crippen molar-refractivity contribution >= 4 is 16.8 Å². The van der Waals surface area contributed by atoms with Gasteiger partial charge in [0.1, 0.15) is 17.4 Å². The molecule has 5 aromatic rings. The molecule has 4 aromatic carbocycles. The molecule has 0 saturated carbocycles. The summed E-state index contributed by atoms with van der Waals surface area (Å²) in [5.74, 6) is 0.00305. The summed E-state index contributed by atoms with van der Waals surface area (Å²) in [5, 5.41) is 0.463. The topological polar surface area (TPSA) is 64.4 Å². The summed E-state index contributed by atoms with van der Waals surface area (Å²) >= 11 is 0. The lowest BCUT2D eigenvalue weighted by atomic mass is 10.1. The number of fused-ring (bicyclic) bond motifs is 1. The summed E-state index contributed by atoms with van der Waals surface area (Å²) in [4.78, 5) is 34.5. The van der Waals surface area contributed by atoms with Crippen LogP contribution in [-0.2, 0) is 6.54 Å². The first-order valence-electron chi connectivity index (χ1n) is 13.4. The van der Waals surface area contributed by atoms with Gasteiger partial charge in [0.25, 0.3) is 11.5 Å². The maximum atomic E-state index is 14.9. The second-order valence-corrected chi connectivity index (χ2v) is 9.38. The third-order valence-corrected chi connectivity index (χ3v) is 6.83. The highest BCUT2D eigenvalue weighted by atomic mass is 19.1. The number of benzene rings is 4. The average molecular weight is 536 g/mol. The summed E-state index contributed by atoms with van der Waals surface area (Å²) in [5.41, 5.74) is 1.72. The molecule has 0 saturated heterocycles. The quantitative estimate of drug-likeness (QED) is 0.210. The number of aromatic nitrogens is 2. The van der Waals surface area contributed by atoms with Gasteiger partial charge in [-0.2, -0.15) is 0 Å². The third-order valence-electron chi connectivity index (χ3n) is 6.83. The van der Waals surface area contributed by atoms with E-state index in [-0.39, 0.29) is 17.7 Å². The Morgan fingerprint density at radius 1 is 0.900 bits per heavy atom. The van der Waals surface area contributed by atoms with E-state index < -0.39 is 17.8 Å². The van der Waals surface area contributed by atoms with Crippen molar-refractivity contribution in [3.8, 4) is 11.4 Å². The lowest BCUT2D eigenvalue weighted by Crippen LogP contribution is -2.38. The van der Waals surface area contributed by atoms with Gasteiger partial charge < -0.3 is 9.64 Å². The Labute approximate surface area is 232 Å². The van der Waals surface area contributed by atoms with Gasteiger partial charge in [-0.05, 0) is 67.4 Å². The number of carbonyl (C=O) groups is 1. The van der Waals surface area contributed by atoms with Crippen molar-refractivity contribution in [3.05, 3.63) is 136 Å². The van der Waals surface area contributed by atoms with Gasteiger partial charge in [-0.25, -0.2) is 9.37 Å². The molecular formula is C33H30FN3O3. The van der Waals surface area contributed by atoms with Crippen LogP contribution in [0.4, 0.5) is 4.39 Å². The normalized spacial score (nSPS) is 11.8. The second kappa shape index (κ2) is 11.9. The Bertz CT molecular complexity index is 1680. The number of halogens is 1. The number of amides is 1. The Hall–Kier alpha value is -4.78. The lowest BCUT2D eigenvalue weighted by Gasteiger charge is -2.32. The van der Waals surface area contributed by atoms with Crippen molar-refractivity contribution in [1.29, 1.82) is 0 Å². The molecule has 1 heterocycles. The van der Waals surface area contributed by atoms with E-state index in [0.29, 0.717) is 41.2 Å². The Morgan fingerprint density at radius 3 is 2.27 bits per heavy atom. The average Bonchev–Trinajstić information content (AvgIpc) is 2.98. The molecule has 0 radical (unpaired) electrons. The van der Waals surface area contributed by atoms with E-state index in [4.69, 9.17) is 9.72 Å². The lowest BCUT2D eigenvalue weighted by molar-refractivity contribution is 0.0636. The molecule has 5 rings (SSSR count). The van der Waals surface area contributed by atoms with E-state index in [9.17, 15) is 14.0 Å². The molecule has 1 aromatic heterocycles. The second-order valence-electron chi connectivity index (χ2n) is 9.38. The zero-order valence-corrected chi connectivity index (χ0v) is 22.5. The summed E-state index contributed by atoms with van der Waals surface area (Å²) in [6.45, 7) is 4.57. The molecule has 6 nitrogen and oxygen atoms in total. The molecule has 0 aliphatic carbocycles. The van der Waals surface area contributed by atoms with Gasteiger partial charge in [-0.1, -0.05) is 61.5 Å². The fourth-order valence-corrected chi connectivity index (χ4v) is 4.92. The number of hydrogen-bond donors (Lipinski definition) is 0. The molecule has 0 fully saturated rings. The molecule has 1 atom stereocenters. The summed E-state index contributed by atoms with van der Waals surface area (Å²) in [6.07, 6.45) is 0.439. The van der Waals surface area contributed by atoms with E-state index in [2.05, 4.69) is 0 Å². The number of hydrogen-bond acceptors (Lipinski definition) is 4. The minimum Gasteiger partial charge on any atom is -0.494 e. The standard InChI is InChI=1S/C33H30FN3O3/c1-3-30(36(22-23-12-6-5-7-13-23)32(38)26-14-8-10-16-28(26)34)31-35-29-17-11-9-15-27(29)33(39)37(31)24-18-20-25(21-19-24)40-4-2/h5-21,30H,3-4,22H2,1-2H3. The fourth-order valence-electron chi connectivity index (χ4n) is 4.92. The molecule has 0 aliphatic heterocycles. The molecule has 1 amide bonds. The number of rotatable bonds is 9. The van der Waals surface area contributed by atoms with Crippen LogP contribution in [0.5, 0.6) is 5.75 Å². The van der Waals surface area contributed by atoms with Crippen molar-refractivity contribution in [3.63, 3.8) is 0 Å². The van der Waals surface area contributed by atoms with Crippen molar-refractivity contribution in [2.24, 2.45) is 0 Å². The van der Waals surface area contributed by atoms with Crippen LogP contribution >= 0.6 is 0 Å². The number of ether oxygens (including phenoxy) is 1. The maximum absolute atomic E-state index is 14.9. The first-order chi connectivity index (χ1) is 19.5. The Kier molecular flexibility index (Phi) is 8.01. The predicted molar refractivity (Wildman–Crippen MR) is 154 cm³/mol. The van der Waals surface area contributed by atoms with Crippen molar-refractivity contribution in [2.75, 3.05) is 6.61 Å². The van der Waals surface area contributed by atoms with E-state index in [1.165, 1.54) is 12.1 Å². The van der Waals surface area contributed by atoms with Gasteiger partial charge in [0.05, 0.1) is 34.8 Å². The van der Waals surface area contributed by atoms with Crippen LogP contribution in [0.3, 0.4) is 0 Å². The van der Waals surface area contributed by atoms with Crippen LogP contribution < -0.4 is 10.3 Å². The zero-order valence-electron chi connectivity index (χ0n) is 22.5. The van der Waals surface area contributed by atoms with Gasteiger partial charge in [-0.15, -0.1) is 0 Å². The van der Waals surface area contributed by atoms with E-state index >= 15 is 0 Å². The molecular weight excluding hydrogens is 505 g/mol. The van der Waals surface area contributed by atoms with Gasteiger partial charge >= 0.3 is 0 Å². The van der Waals surface area contributed by atoms with Crippen LogP contribution in [0.25, 0.3) is 16.6 Å². The molecule has 0 spiro atoms. The Morgan fingerprint density at radius 2 is 1.57 bits per heavy atom.